The smallest absolute Gasteiger partial charge is 0.297 e. The zero-order chi connectivity index (χ0) is 17.1. The van der Waals surface area contributed by atoms with Crippen molar-refractivity contribution in [2.45, 2.75) is 20.0 Å². The third kappa shape index (κ3) is 3.57. The zero-order valence-corrected chi connectivity index (χ0v) is 14.9. The van der Waals surface area contributed by atoms with Crippen molar-refractivity contribution in [1.29, 1.82) is 0 Å². The van der Waals surface area contributed by atoms with Crippen LogP contribution >= 0.6 is 15.9 Å². The zero-order valence-electron chi connectivity index (χ0n) is 13.3. The first-order valence-corrected chi connectivity index (χ1v) is 8.58. The Hall–Kier alpha value is -1.99. The van der Waals surface area contributed by atoms with Crippen molar-refractivity contribution in [3.05, 3.63) is 68.9 Å². The van der Waals surface area contributed by atoms with Gasteiger partial charge in [0.05, 0.1) is 6.54 Å². The van der Waals surface area contributed by atoms with Gasteiger partial charge in [0.1, 0.15) is 5.82 Å². The Kier molecular flexibility index (Phi) is 5.11. The molecule has 0 radical (unpaired) electrons. The number of halogens is 2. The molecule has 7 heteroatoms. The van der Waals surface area contributed by atoms with E-state index in [1.165, 1.54) is 15.1 Å². The second-order valence-electron chi connectivity index (χ2n) is 5.54. The van der Waals surface area contributed by atoms with E-state index in [1.807, 2.05) is 13.0 Å². The molecule has 0 N–H and O–H groups in total. The van der Waals surface area contributed by atoms with Gasteiger partial charge in [-0.25, -0.2) is 13.9 Å². The number of hydrogen-bond acceptors (Lipinski definition) is 3. The monoisotopic (exact) mass is 392 g/mol. The maximum absolute atomic E-state index is 13.9. The summed E-state index contributed by atoms with van der Waals surface area (Å²) in [5.74, 6) is -0.221. The highest BCUT2D eigenvalue weighted by Gasteiger charge is 2.11. The van der Waals surface area contributed by atoms with E-state index in [-0.39, 0.29) is 11.5 Å². The normalized spacial score (nSPS) is 11.5. The van der Waals surface area contributed by atoms with Crippen LogP contribution in [0.5, 0.6) is 0 Å². The molecule has 126 valence electrons. The van der Waals surface area contributed by atoms with Gasteiger partial charge in [0, 0.05) is 29.3 Å². The Morgan fingerprint density at radius 1 is 1.29 bits per heavy atom. The third-order valence-corrected chi connectivity index (χ3v) is 4.46. The van der Waals surface area contributed by atoms with Crippen molar-refractivity contribution in [2.24, 2.45) is 0 Å². The Bertz CT molecular complexity index is 905. The van der Waals surface area contributed by atoms with Crippen LogP contribution in [0.15, 0.2) is 51.9 Å². The van der Waals surface area contributed by atoms with Gasteiger partial charge in [-0.3, -0.25) is 9.30 Å². The SMILES string of the molecule is CCN(CCn1nc2ccccn2c1=O)Cc1cc(Br)ccc1F. The van der Waals surface area contributed by atoms with Crippen LogP contribution in [0.25, 0.3) is 5.65 Å². The summed E-state index contributed by atoms with van der Waals surface area (Å²) in [5.41, 5.74) is 1.10. The first kappa shape index (κ1) is 16.9. The van der Waals surface area contributed by atoms with Gasteiger partial charge >= 0.3 is 5.69 Å². The van der Waals surface area contributed by atoms with Crippen LogP contribution in [0.3, 0.4) is 0 Å². The maximum atomic E-state index is 13.9. The van der Waals surface area contributed by atoms with E-state index in [4.69, 9.17) is 0 Å². The van der Waals surface area contributed by atoms with Gasteiger partial charge in [-0.05, 0) is 36.9 Å². The van der Waals surface area contributed by atoms with Crippen molar-refractivity contribution >= 4 is 21.6 Å². The summed E-state index contributed by atoms with van der Waals surface area (Å²) in [6.45, 7) is 4.34. The van der Waals surface area contributed by atoms with Crippen molar-refractivity contribution in [1.82, 2.24) is 19.1 Å². The fraction of sp³-hybridized carbons (Fsp3) is 0.294. The molecule has 0 unspecified atom stereocenters. The molecule has 24 heavy (non-hydrogen) atoms. The fourth-order valence-electron chi connectivity index (χ4n) is 2.60. The molecule has 5 nitrogen and oxygen atoms in total. The molecule has 1 aromatic carbocycles. The van der Waals surface area contributed by atoms with Crippen molar-refractivity contribution in [3.63, 3.8) is 0 Å². The molecular formula is C17H18BrFN4O. The molecule has 0 saturated heterocycles. The average Bonchev–Trinajstić information content (AvgIpc) is 2.91. The quantitative estimate of drug-likeness (QED) is 0.647. The van der Waals surface area contributed by atoms with Crippen LogP contribution in [-0.2, 0) is 13.1 Å². The molecule has 0 aliphatic heterocycles. The first-order valence-electron chi connectivity index (χ1n) is 7.79. The van der Waals surface area contributed by atoms with E-state index >= 15 is 0 Å². The molecule has 0 fully saturated rings. The highest BCUT2D eigenvalue weighted by Crippen LogP contribution is 2.17. The predicted octanol–water partition coefficient (Wildman–Crippen LogP) is 2.92. The Labute approximate surface area is 147 Å². The molecule has 0 aliphatic carbocycles. The van der Waals surface area contributed by atoms with Gasteiger partial charge in [-0.1, -0.05) is 28.9 Å². The van der Waals surface area contributed by atoms with E-state index in [0.29, 0.717) is 30.8 Å². The summed E-state index contributed by atoms with van der Waals surface area (Å²) >= 11 is 3.37. The second-order valence-corrected chi connectivity index (χ2v) is 6.45. The standard InChI is InChI=1S/C17H18BrFN4O/c1-2-21(12-13-11-14(18)6-7-15(13)19)9-10-23-17(24)22-8-4-3-5-16(22)20-23/h3-8,11H,2,9-10,12H2,1H3. The van der Waals surface area contributed by atoms with E-state index in [2.05, 4.69) is 25.9 Å². The second kappa shape index (κ2) is 7.27. The van der Waals surface area contributed by atoms with Gasteiger partial charge in [0.15, 0.2) is 5.65 Å². The van der Waals surface area contributed by atoms with Gasteiger partial charge in [-0.2, -0.15) is 0 Å². The van der Waals surface area contributed by atoms with Crippen molar-refractivity contribution in [2.75, 3.05) is 13.1 Å². The molecule has 0 aliphatic rings. The Morgan fingerprint density at radius 3 is 2.88 bits per heavy atom. The summed E-state index contributed by atoms with van der Waals surface area (Å²) < 4.78 is 17.7. The van der Waals surface area contributed by atoms with E-state index < -0.39 is 0 Å². The Balaban J connectivity index is 1.72. The van der Waals surface area contributed by atoms with Crippen LogP contribution in [0.2, 0.25) is 0 Å². The summed E-state index contributed by atoms with van der Waals surface area (Å²) in [5, 5.41) is 4.32. The third-order valence-electron chi connectivity index (χ3n) is 3.97. The summed E-state index contributed by atoms with van der Waals surface area (Å²) in [4.78, 5) is 14.3. The van der Waals surface area contributed by atoms with Gasteiger partial charge in [0.2, 0.25) is 0 Å². The number of pyridine rings is 1. The number of rotatable bonds is 6. The average molecular weight is 393 g/mol. The number of aromatic nitrogens is 3. The van der Waals surface area contributed by atoms with E-state index in [9.17, 15) is 9.18 Å². The van der Waals surface area contributed by atoms with Crippen LogP contribution in [-0.4, -0.2) is 32.2 Å². The molecule has 0 saturated carbocycles. The molecule has 2 heterocycles. The van der Waals surface area contributed by atoms with Crippen molar-refractivity contribution in [3.8, 4) is 0 Å². The van der Waals surface area contributed by atoms with E-state index in [0.717, 1.165) is 11.0 Å². The minimum atomic E-state index is -0.221. The highest BCUT2D eigenvalue weighted by molar-refractivity contribution is 9.10. The summed E-state index contributed by atoms with van der Waals surface area (Å²) in [6, 6.07) is 10.4. The van der Waals surface area contributed by atoms with Crippen molar-refractivity contribution < 1.29 is 4.39 Å². The van der Waals surface area contributed by atoms with Gasteiger partial charge in [-0.15, -0.1) is 5.10 Å². The topological polar surface area (TPSA) is 42.5 Å². The maximum Gasteiger partial charge on any atom is 0.350 e. The minimum absolute atomic E-state index is 0.157. The molecule has 3 rings (SSSR count). The molecule has 0 spiro atoms. The van der Waals surface area contributed by atoms with Gasteiger partial charge < -0.3 is 0 Å². The van der Waals surface area contributed by atoms with E-state index in [1.54, 1.807) is 30.5 Å². The van der Waals surface area contributed by atoms with Crippen LogP contribution in [0.1, 0.15) is 12.5 Å². The fourth-order valence-corrected chi connectivity index (χ4v) is 3.01. The number of benzene rings is 1. The first-order chi connectivity index (χ1) is 11.6. The number of fused-ring (bicyclic) bond motifs is 1. The lowest BCUT2D eigenvalue weighted by atomic mass is 10.2. The Morgan fingerprint density at radius 2 is 2.12 bits per heavy atom. The number of nitrogens with zero attached hydrogens (tertiary/aromatic N) is 4. The van der Waals surface area contributed by atoms with Crippen LogP contribution in [0.4, 0.5) is 4.39 Å². The summed E-state index contributed by atoms with van der Waals surface area (Å²) in [6.07, 6.45) is 1.70. The lowest BCUT2D eigenvalue weighted by molar-refractivity contribution is 0.258. The molecule has 0 bridgehead atoms. The lowest BCUT2D eigenvalue weighted by Gasteiger charge is -2.20. The number of hydrogen-bond donors (Lipinski definition) is 0. The molecule has 0 amide bonds. The van der Waals surface area contributed by atoms with Gasteiger partial charge in [0.25, 0.3) is 0 Å². The van der Waals surface area contributed by atoms with Crippen LogP contribution in [0, 0.1) is 5.82 Å². The predicted molar refractivity (Wildman–Crippen MR) is 94.5 cm³/mol. The largest absolute Gasteiger partial charge is 0.350 e. The molecule has 0 atom stereocenters. The molecular weight excluding hydrogens is 375 g/mol. The van der Waals surface area contributed by atoms with Crippen LogP contribution < -0.4 is 5.69 Å². The number of likely N-dealkylation sites (N-methyl/N-ethyl adjacent to an activating group) is 1. The summed E-state index contributed by atoms with van der Waals surface area (Å²) in [7, 11) is 0. The highest BCUT2D eigenvalue weighted by atomic mass is 79.9. The lowest BCUT2D eigenvalue weighted by Crippen LogP contribution is -2.31. The molecule has 3 aromatic rings. The molecule has 2 aromatic heterocycles. The minimum Gasteiger partial charge on any atom is -0.297 e.